The molecule has 0 atom stereocenters. The maximum Gasteiger partial charge on any atom is 0.466 e. The van der Waals surface area contributed by atoms with Crippen LogP contribution in [0.1, 0.15) is 111 Å². The molecular formula is C53H66O12P2. The summed E-state index contributed by atoms with van der Waals surface area (Å²) in [5.41, 5.74) is 3.08. The Kier molecular flexibility index (Phi) is 17.5. The van der Waals surface area contributed by atoms with Crippen LogP contribution >= 0.6 is 15.6 Å². The fourth-order valence-electron chi connectivity index (χ4n) is 8.80. The van der Waals surface area contributed by atoms with Crippen LogP contribution in [0.4, 0.5) is 0 Å². The van der Waals surface area contributed by atoms with Crippen LogP contribution in [-0.4, -0.2) is 69.6 Å². The van der Waals surface area contributed by atoms with Crippen LogP contribution in [0, 0.1) is 5.41 Å². The number of aliphatic hydroxyl groups excluding tert-OH is 3. The molecule has 0 saturated carbocycles. The van der Waals surface area contributed by atoms with Gasteiger partial charge in [0.05, 0.1) is 25.2 Å². The van der Waals surface area contributed by atoms with Crippen LogP contribution in [0.15, 0.2) is 158 Å². The molecule has 0 saturated heterocycles. The molecule has 12 nitrogen and oxygen atoms in total. The molecule has 0 aliphatic rings. The van der Waals surface area contributed by atoms with E-state index in [1.807, 2.05) is 60.7 Å². The van der Waals surface area contributed by atoms with E-state index in [0.717, 1.165) is 44.5 Å². The minimum absolute atomic E-state index is 0.410. The third-order valence-electron chi connectivity index (χ3n) is 13.3. The normalized spacial score (nSPS) is 12.9. The van der Waals surface area contributed by atoms with Crippen LogP contribution in [0.2, 0.25) is 0 Å². The van der Waals surface area contributed by atoms with E-state index in [1.165, 1.54) is 0 Å². The Morgan fingerprint density at radius 1 is 0.343 bits per heavy atom. The SMILES string of the molecule is CC(C)(c1ccccc1)c1ccc(C(O)(c2ccc(C(C)(C)c3ccccc3)cc2C(C)(C)c2ccccc2)C(CO)(CO)CO)c(C(C)(C)c2ccccc2)c1.O=P(O)(O)O.O=P(O)(O)O. The van der Waals surface area contributed by atoms with Crippen LogP contribution < -0.4 is 0 Å². The summed E-state index contributed by atoms with van der Waals surface area (Å²) in [5.74, 6) is 0. The van der Waals surface area contributed by atoms with Gasteiger partial charge < -0.3 is 49.8 Å². The van der Waals surface area contributed by atoms with Crippen molar-refractivity contribution in [1.29, 1.82) is 0 Å². The van der Waals surface area contributed by atoms with Gasteiger partial charge in [0, 0.05) is 21.7 Å². The molecule has 6 aromatic carbocycles. The zero-order chi connectivity index (χ0) is 50.3. The first-order valence-corrected chi connectivity index (χ1v) is 24.8. The molecule has 0 aliphatic heterocycles. The minimum atomic E-state index is -4.64. The molecule has 6 aromatic rings. The highest BCUT2D eigenvalue weighted by atomic mass is 31.2. The molecule has 0 bridgehead atoms. The van der Waals surface area contributed by atoms with E-state index in [4.69, 9.17) is 38.5 Å². The molecule has 360 valence electrons. The Morgan fingerprint density at radius 2 is 0.567 bits per heavy atom. The lowest BCUT2D eigenvalue weighted by atomic mass is 9.58. The lowest BCUT2D eigenvalue weighted by Gasteiger charge is -2.49. The van der Waals surface area contributed by atoms with Gasteiger partial charge in [0.1, 0.15) is 5.60 Å². The van der Waals surface area contributed by atoms with Gasteiger partial charge in [0.2, 0.25) is 0 Å². The van der Waals surface area contributed by atoms with Crippen molar-refractivity contribution in [2.45, 2.75) is 82.7 Å². The third kappa shape index (κ3) is 12.5. The Hall–Kier alpha value is -4.62. The van der Waals surface area contributed by atoms with Gasteiger partial charge in [0.15, 0.2) is 0 Å². The maximum atomic E-state index is 14.2. The van der Waals surface area contributed by atoms with Crippen molar-refractivity contribution in [2.75, 3.05) is 19.8 Å². The second-order valence-corrected chi connectivity index (χ2v) is 21.0. The summed E-state index contributed by atoms with van der Waals surface area (Å²) in [7, 11) is -9.28. The van der Waals surface area contributed by atoms with E-state index in [0.29, 0.717) is 11.1 Å². The van der Waals surface area contributed by atoms with Gasteiger partial charge in [-0.2, -0.15) is 0 Å². The highest BCUT2D eigenvalue weighted by Gasteiger charge is 2.56. The van der Waals surface area contributed by atoms with Gasteiger partial charge in [-0.1, -0.05) is 213 Å². The quantitative estimate of drug-likeness (QED) is 0.0464. The maximum absolute atomic E-state index is 14.2. The van der Waals surface area contributed by atoms with E-state index in [2.05, 4.69) is 152 Å². The number of rotatable bonds is 14. The predicted octanol–water partition coefficient (Wildman–Crippen LogP) is 8.33. The lowest BCUT2D eigenvalue weighted by Crippen LogP contribution is -2.56. The predicted molar refractivity (Wildman–Crippen MR) is 262 cm³/mol. The van der Waals surface area contributed by atoms with Crippen LogP contribution in [-0.2, 0) is 36.4 Å². The van der Waals surface area contributed by atoms with Crippen LogP contribution in [0.25, 0.3) is 0 Å². The smallest absolute Gasteiger partial charge is 0.395 e. The van der Waals surface area contributed by atoms with E-state index >= 15 is 0 Å². The standard InChI is InChI=1S/C53H60O4.2H3O4P/c1-48(2,38-21-13-9-14-22-38)42-29-31-44(46(33-42)50(5,6)40-25-17-11-18-26-40)53(57,52(35-54,36-55)37-56)45-32-30-43(49(3,4)39-23-15-10-16-24-39)34-47(45)51(7,8)41-27-19-12-20-28-41;2*1-5(2,3)4/h9-34,54-57H,35-37H2,1-8H3;2*(H3,1,2,3,4). The average Bonchev–Trinajstić information content (AvgIpc) is 3.29. The Labute approximate surface area is 394 Å². The van der Waals surface area contributed by atoms with E-state index in [-0.39, 0.29) is 0 Å². The molecule has 0 heterocycles. The number of aliphatic hydroxyl groups is 4. The van der Waals surface area contributed by atoms with Crippen molar-refractivity contribution in [2.24, 2.45) is 5.41 Å². The number of hydrogen-bond acceptors (Lipinski definition) is 6. The molecule has 0 unspecified atom stereocenters. The van der Waals surface area contributed by atoms with Crippen molar-refractivity contribution in [1.82, 2.24) is 0 Å². The highest BCUT2D eigenvalue weighted by Crippen LogP contribution is 2.53. The first-order valence-electron chi connectivity index (χ1n) is 21.7. The van der Waals surface area contributed by atoms with Crippen molar-refractivity contribution in [3.8, 4) is 0 Å². The molecular weight excluding hydrogens is 891 g/mol. The average molecular weight is 957 g/mol. The summed E-state index contributed by atoms with van der Waals surface area (Å²) in [6.45, 7) is 15.4. The molecule has 0 amide bonds. The molecule has 6 rings (SSSR count). The first kappa shape index (κ1) is 55.0. The summed E-state index contributed by atoms with van der Waals surface area (Å²) in [6.07, 6.45) is 0. The summed E-state index contributed by atoms with van der Waals surface area (Å²) < 4.78 is 17.8. The summed E-state index contributed by atoms with van der Waals surface area (Å²) in [6, 6.07) is 53.7. The largest absolute Gasteiger partial charge is 0.466 e. The minimum Gasteiger partial charge on any atom is -0.395 e. The molecule has 0 aliphatic carbocycles. The van der Waals surface area contributed by atoms with Crippen molar-refractivity contribution in [3.05, 3.63) is 213 Å². The van der Waals surface area contributed by atoms with Crippen molar-refractivity contribution in [3.63, 3.8) is 0 Å². The fourth-order valence-corrected chi connectivity index (χ4v) is 8.80. The number of hydrogen-bond donors (Lipinski definition) is 10. The molecule has 0 spiro atoms. The Morgan fingerprint density at radius 3 is 0.791 bits per heavy atom. The molecule has 0 radical (unpaired) electrons. The summed E-state index contributed by atoms with van der Waals surface area (Å²) >= 11 is 0. The van der Waals surface area contributed by atoms with Crippen molar-refractivity contribution < 1.29 is 58.9 Å². The fraction of sp³-hybridized carbons (Fsp3) is 0.321. The first-order chi connectivity index (χ1) is 31.0. The van der Waals surface area contributed by atoms with E-state index < -0.39 is 68.1 Å². The van der Waals surface area contributed by atoms with Crippen molar-refractivity contribution >= 4 is 15.6 Å². The number of phosphoric acid groups is 2. The molecule has 67 heavy (non-hydrogen) atoms. The third-order valence-corrected chi connectivity index (χ3v) is 13.3. The monoisotopic (exact) mass is 956 g/mol. The van der Waals surface area contributed by atoms with Crippen LogP contribution in [0.3, 0.4) is 0 Å². The van der Waals surface area contributed by atoms with Gasteiger partial charge >= 0.3 is 15.6 Å². The highest BCUT2D eigenvalue weighted by molar-refractivity contribution is 7.45. The van der Waals surface area contributed by atoms with E-state index in [1.54, 1.807) is 0 Å². The van der Waals surface area contributed by atoms with Crippen LogP contribution in [0.5, 0.6) is 0 Å². The Bertz CT molecular complexity index is 2420. The number of benzene rings is 6. The molecule has 10 N–H and O–H groups in total. The molecule has 0 fully saturated rings. The Balaban J connectivity index is 0.000000886. The second kappa shape index (κ2) is 21.3. The summed E-state index contributed by atoms with van der Waals surface area (Å²) in [5, 5.41) is 48.5. The second-order valence-electron chi connectivity index (χ2n) is 19.0. The van der Waals surface area contributed by atoms with Gasteiger partial charge in [-0.25, -0.2) is 9.13 Å². The van der Waals surface area contributed by atoms with Gasteiger partial charge in [0.25, 0.3) is 0 Å². The van der Waals surface area contributed by atoms with Gasteiger partial charge in [-0.3, -0.25) is 0 Å². The van der Waals surface area contributed by atoms with Gasteiger partial charge in [-0.15, -0.1) is 0 Å². The van der Waals surface area contributed by atoms with E-state index in [9.17, 15) is 20.4 Å². The van der Waals surface area contributed by atoms with Gasteiger partial charge in [-0.05, 0) is 55.6 Å². The zero-order valence-electron chi connectivity index (χ0n) is 39.3. The zero-order valence-corrected chi connectivity index (χ0v) is 41.1. The molecule has 14 heteroatoms. The topological polar surface area (TPSA) is 236 Å². The molecule has 0 aromatic heterocycles. The lowest BCUT2D eigenvalue weighted by molar-refractivity contribution is -0.137. The summed E-state index contributed by atoms with van der Waals surface area (Å²) in [4.78, 5) is 43.1.